The zero-order valence-electron chi connectivity index (χ0n) is 11.4. The van der Waals surface area contributed by atoms with Crippen molar-refractivity contribution in [3.05, 3.63) is 24.2 Å². The molecule has 0 amide bonds. The lowest BCUT2D eigenvalue weighted by Crippen LogP contribution is -2.50. The summed E-state index contributed by atoms with van der Waals surface area (Å²) >= 11 is 0. The predicted molar refractivity (Wildman–Crippen MR) is 70.0 cm³/mol. The van der Waals surface area contributed by atoms with E-state index in [2.05, 4.69) is 6.58 Å². The van der Waals surface area contributed by atoms with Crippen molar-refractivity contribution in [3.8, 4) is 0 Å². The van der Waals surface area contributed by atoms with Crippen LogP contribution >= 0.6 is 0 Å². The van der Waals surface area contributed by atoms with E-state index in [0.29, 0.717) is 6.42 Å². The fourth-order valence-electron chi connectivity index (χ4n) is 2.04. The summed E-state index contributed by atoms with van der Waals surface area (Å²) in [5.41, 5.74) is -1.95. The number of cyclic esters (lactones) is 1. The fourth-order valence-corrected chi connectivity index (χ4v) is 2.04. The lowest BCUT2D eigenvalue weighted by Gasteiger charge is -2.34. The first kappa shape index (κ1) is 17.4. The lowest BCUT2D eigenvalue weighted by atomic mass is 9.88. The molecule has 0 spiro atoms. The Balaban J connectivity index is 3.13. The molecule has 3 atom stereocenters. The molecule has 8 nitrogen and oxygen atoms in total. The van der Waals surface area contributed by atoms with E-state index in [1.807, 2.05) is 0 Å². The van der Waals surface area contributed by atoms with Crippen LogP contribution in [-0.4, -0.2) is 69.1 Å². The van der Waals surface area contributed by atoms with E-state index in [4.69, 9.17) is 19.7 Å². The number of carbonyl (C=O) groups excluding carboxylic acids is 1. The van der Waals surface area contributed by atoms with Crippen molar-refractivity contribution in [3.63, 3.8) is 0 Å². The first-order chi connectivity index (χ1) is 9.92. The van der Waals surface area contributed by atoms with E-state index >= 15 is 0 Å². The van der Waals surface area contributed by atoms with Gasteiger partial charge in [-0.1, -0.05) is 6.08 Å². The van der Waals surface area contributed by atoms with Gasteiger partial charge in [0, 0.05) is 6.42 Å². The quantitative estimate of drug-likeness (QED) is 0.202. The molecule has 0 radical (unpaired) electrons. The summed E-state index contributed by atoms with van der Waals surface area (Å²) in [6.45, 7) is 2.09. The number of hydrogen-bond acceptors (Lipinski definition) is 8. The third-order valence-corrected chi connectivity index (χ3v) is 3.10. The zero-order valence-corrected chi connectivity index (χ0v) is 11.4. The average molecular weight is 304 g/mol. The van der Waals surface area contributed by atoms with Crippen LogP contribution in [0.2, 0.25) is 0 Å². The minimum Gasteiger partial charge on any atom is -0.499 e. The Morgan fingerprint density at radius 2 is 2.00 bits per heavy atom. The van der Waals surface area contributed by atoms with E-state index in [-0.39, 0.29) is 12.4 Å². The molecule has 5 N–H and O–H groups in total. The van der Waals surface area contributed by atoms with Gasteiger partial charge in [0.2, 0.25) is 11.4 Å². The highest BCUT2D eigenvalue weighted by Gasteiger charge is 2.55. The van der Waals surface area contributed by atoms with Crippen molar-refractivity contribution in [1.29, 1.82) is 0 Å². The molecule has 21 heavy (non-hydrogen) atoms. The molecule has 0 aliphatic carbocycles. The maximum absolute atomic E-state index is 11.6. The third-order valence-electron chi connectivity index (χ3n) is 3.10. The molecule has 0 saturated carbocycles. The SMILES string of the molecule is C=CCCOC1=C(O)C(=O)O[C@]1(CC(O)CO)[C@@H](O)CO. The van der Waals surface area contributed by atoms with Crippen LogP contribution in [0.15, 0.2) is 24.2 Å². The smallest absolute Gasteiger partial charge is 0.378 e. The van der Waals surface area contributed by atoms with Crippen LogP contribution in [0.5, 0.6) is 0 Å². The third kappa shape index (κ3) is 3.53. The van der Waals surface area contributed by atoms with E-state index in [0.717, 1.165) is 0 Å². The Hall–Kier alpha value is -1.61. The summed E-state index contributed by atoms with van der Waals surface area (Å²) in [6, 6.07) is 0. The topological polar surface area (TPSA) is 137 Å². The summed E-state index contributed by atoms with van der Waals surface area (Å²) < 4.78 is 10.2. The van der Waals surface area contributed by atoms with Gasteiger partial charge in [0.1, 0.15) is 6.10 Å². The van der Waals surface area contributed by atoms with Crippen LogP contribution in [0.4, 0.5) is 0 Å². The van der Waals surface area contributed by atoms with Crippen LogP contribution in [0.25, 0.3) is 0 Å². The number of aliphatic hydroxyl groups is 5. The van der Waals surface area contributed by atoms with E-state index in [1.54, 1.807) is 6.08 Å². The molecule has 120 valence electrons. The van der Waals surface area contributed by atoms with Crippen molar-refractivity contribution in [2.24, 2.45) is 0 Å². The fraction of sp³-hybridized carbons (Fsp3) is 0.615. The number of aliphatic hydroxyl groups excluding tert-OH is 5. The van der Waals surface area contributed by atoms with Crippen LogP contribution < -0.4 is 0 Å². The number of hydrogen-bond donors (Lipinski definition) is 5. The van der Waals surface area contributed by atoms with Gasteiger partial charge in [-0.3, -0.25) is 0 Å². The highest BCUT2D eigenvalue weighted by atomic mass is 16.6. The number of carbonyl (C=O) groups is 1. The Morgan fingerprint density at radius 1 is 1.33 bits per heavy atom. The van der Waals surface area contributed by atoms with Crippen molar-refractivity contribution in [1.82, 2.24) is 0 Å². The molecule has 0 saturated heterocycles. The van der Waals surface area contributed by atoms with Gasteiger partial charge < -0.3 is 35.0 Å². The van der Waals surface area contributed by atoms with Crippen LogP contribution in [-0.2, 0) is 14.3 Å². The first-order valence-corrected chi connectivity index (χ1v) is 6.41. The molecule has 0 fully saturated rings. The first-order valence-electron chi connectivity index (χ1n) is 6.41. The molecule has 1 heterocycles. The maximum atomic E-state index is 11.6. The number of rotatable bonds is 9. The summed E-state index contributed by atoms with van der Waals surface area (Å²) in [7, 11) is 0. The van der Waals surface area contributed by atoms with Crippen molar-refractivity contribution in [2.45, 2.75) is 30.7 Å². The van der Waals surface area contributed by atoms with Gasteiger partial charge >= 0.3 is 5.97 Å². The van der Waals surface area contributed by atoms with E-state index < -0.39 is 49.2 Å². The number of ether oxygens (including phenoxy) is 2. The Morgan fingerprint density at radius 3 is 2.52 bits per heavy atom. The second kappa shape index (κ2) is 7.41. The zero-order chi connectivity index (χ0) is 16.0. The minimum absolute atomic E-state index is 0.0503. The van der Waals surface area contributed by atoms with Gasteiger partial charge in [-0.25, -0.2) is 4.79 Å². The highest BCUT2D eigenvalue weighted by molar-refractivity contribution is 5.90. The van der Waals surface area contributed by atoms with Gasteiger partial charge in [-0.05, 0) is 6.42 Å². The van der Waals surface area contributed by atoms with Gasteiger partial charge in [0.25, 0.3) is 0 Å². The van der Waals surface area contributed by atoms with Gasteiger partial charge in [-0.2, -0.15) is 0 Å². The lowest BCUT2D eigenvalue weighted by molar-refractivity contribution is -0.171. The molecule has 0 aromatic carbocycles. The Kier molecular flexibility index (Phi) is 6.16. The Bertz CT molecular complexity index is 418. The summed E-state index contributed by atoms with van der Waals surface area (Å²) in [6.07, 6.45) is -1.47. The molecule has 1 aliphatic rings. The normalized spacial score (nSPS) is 24.7. The minimum atomic E-state index is -1.95. The van der Waals surface area contributed by atoms with Gasteiger partial charge in [-0.15, -0.1) is 6.58 Å². The number of esters is 1. The van der Waals surface area contributed by atoms with Crippen LogP contribution in [0.3, 0.4) is 0 Å². The largest absolute Gasteiger partial charge is 0.499 e. The van der Waals surface area contributed by atoms with E-state index in [1.165, 1.54) is 0 Å². The molecule has 1 rings (SSSR count). The van der Waals surface area contributed by atoms with Crippen LogP contribution in [0, 0.1) is 0 Å². The average Bonchev–Trinajstić information content (AvgIpc) is 2.71. The van der Waals surface area contributed by atoms with Gasteiger partial charge in [0.05, 0.1) is 25.9 Å². The van der Waals surface area contributed by atoms with Crippen molar-refractivity contribution in [2.75, 3.05) is 19.8 Å². The highest BCUT2D eigenvalue weighted by Crippen LogP contribution is 2.39. The molecule has 1 unspecified atom stereocenters. The summed E-state index contributed by atoms with van der Waals surface area (Å²) in [5, 5.41) is 47.3. The predicted octanol–water partition coefficient (Wildman–Crippen LogP) is -1.26. The van der Waals surface area contributed by atoms with Gasteiger partial charge in [0.15, 0.2) is 5.76 Å². The Labute approximate surface area is 121 Å². The van der Waals surface area contributed by atoms with Crippen LogP contribution in [0.1, 0.15) is 12.8 Å². The summed E-state index contributed by atoms with van der Waals surface area (Å²) in [4.78, 5) is 11.6. The monoisotopic (exact) mass is 304 g/mol. The van der Waals surface area contributed by atoms with Crippen molar-refractivity contribution >= 4 is 5.97 Å². The molecular weight excluding hydrogens is 284 g/mol. The molecule has 0 aromatic rings. The molecule has 0 aromatic heterocycles. The molecule has 8 heteroatoms. The maximum Gasteiger partial charge on any atom is 0.378 e. The van der Waals surface area contributed by atoms with E-state index in [9.17, 15) is 20.1 Å². The molecule has 1 aliphatic heterocycles. The summed E-state index contributed by atoms with van der Waals surface area (Å²) in [5.74, 6) is -2.35. The second-order valence-corrected chi connectivity index (χ2v) is 4.62. The molecule has 0 bridgehead atoms. The second-order valence-electron chi connectivity index (χ2n) is 4.62. The van der Waals surface area contributed by atoms with Crippen molar-refractivity contribution < 1.29 is 39.8 Å². The molecular formula is C13H20O8. The standard InChI is InChI=1S/C13H20O8/c1-2-3-4-20-11-10(18)12(19)21-13(11,9(17)7-15)5-8(16)6-14/h2,8-9,14-18H,1,3-7H2/t8?,9-,13+/m0/s1.